The first-order valence-corrected chi connectivity index (χ1v) is 10.0. The lowest BCUT2D eigenvalue weighted by Crippen LogP contribution is -2.44. The van der Waals surface area contributed by atoms with Gasteiger partial charge in [0.25, 0.3) is 0 Å². The van der Waals surface area contributed by atoms with Gasteiger partial charge in [0, 0.05) is 36.3 Å². The van der Waals surface area contributed by atoms with Crippen molar-refractivity contribution in [3.8, 4) is 0 Å². The number of hydrogen-bond donors (Lipinski definition) is 1. The Bertz CT molecular complexity index is 819. The molecule has 0 spiro atoms. The summed E-state index contributed by atoms with van der Waals surface area (Å²) in [4.78, 5) is 2.36. The Labute approximate surface area is 152 Å². The van der Waals surface area contributed by atoms with Gasteiger partial charge < -0.3 is 0 Å². The third kappa shape index (κ3) is 4.79. The number of nitrogens with zero attached hydrogens (tertiary/aromatic N) is 1. The summed E-state index contributed by atoms with van der Waals surface area (Å²) in [5.74, 6) is -0.201. The lowest BCUT2D eigenvalue weighted by Gasteiger charge is -2.32. The zero-order valence-electron chi connectivity index (χ0n) is 13.7. The molecule has 1 aliphatic rings. The minimum Gasteiger partial charge on any atom is -0.299 e. The van der Waals surface area contributed by atoms with Crippen LogP contribution in [0.1, 0.15) is 18.4 Å². The summed E-state index contributed by atoms with van der Waals surface area (Å²) < 4.78 is 41.3. The number of likely N-dealkylation sites (tertiary alicyclic amines) is 1. The van der Waals surface area contributed by atoms with Gasteiger partial charge in [-0.3, -0.25) is 4.90 Å². The van der Waals surface area contributed by atoms with Crippen LogP contribution < -0.4 is 4.72 Å². The molecule has 1 fully saturated rings. The van der Waals surface area contributed by atoms with Crippen LogP contribution in [0.2, 0.25) is 5.02 Å². The van der Waals surface area contributed by atoms with Crippen LogP contribution in [0.15, 0.2) is 53.4 Å². The zero-order chi connectivity index (χ0) is 17.9. The van der Waals surface area contributed by atoms with Crippen LogP contribution in [0.3, 0.4) is 0 Å². The Morgan fingerprint density at radius 2 is 1.72 bits per heavy atom. The Balaban J connectivity index is 1.55. The first-order chi connectivity index (χ1) is 11.9. The maximum Gasteiger partial charge on any atom is 0.240 e. The van der Waals surface area contributed by atoms with E-state index >= 15 is 0 Å². The number of halogens is 2. The molecule has 7 heteroatoms. The predicted molar refractivity (Wildman–Crippen MR) is 96.5 cm³/mol. The summed E-state index contributed by atoms with van der Waals surface area (Å²) in [7, 11) is -3.55. The first kappa shape index (κ1) is 18.3. The highest BCUT2D eigenvalue weighted by atomic mass is 35.5. The van der Waals surface area contributed by atoms with E-state index in [1.807, 2.05) is 6.07 Å². The molecule has 0 saturated carbocycles. The molecule has 1 N–H and O–H groups in total. The first-order valence-electron chi connectivity index (χ1n) is 8.18. The smallest absolute Gasteiger partial charge is 0.240 e. The minimum atomic E-state index is -3.55. The normalized spacial score (nSPS) is 16.9. The van der Waals surface area contributed by atoms with Gasteiger partial charge in [-0.05, 0) is 43.2 Å². The molecule has 0 aliphatic carbocycles. The third-order valence-electron chi connectivity index (χ3n) is 4.39. The summed E-state index contributed by atoms with van der Waals surface area (Å²) >= 11 is 5.80. The standard InChI is InChI=1S/C18H20ClFN2O2S/c19-15-5-7-17(8-6-15)25(23,24)21-16-9-11-22(12-10-16)13-14-3-1-2-4-18(14)20/h1-8,16,21H,9-13H2. The molecule has 2 aromatic rings. The van der Waals surface area contributed by atoms with Crippen LogP contribution in [-0.4, -0.2) is 32.4 Å². The molecule has 1 saturated heterocycles. The van der Waals surface area contributed by atoms with Crippen LogP contribution >= 0.6 is 11.6 Å². The highest BCUT2D eigenvalue weighted by molar-refractivity contribution is 7.89. The molecule has 0 radical (unpaired) electrons. The van der Waals surface area contributed by atoms with Crippen molar-refractivity contribution in [2.45, 2.75) is 30.3 Å². The van der Waals surface area contributed by atoms with Gasteiger partial charge >= 0.3 is 0 Å². The number of nitrogens with one attached hydrogen (secondary N) is 1. The van der Waals surface area contributed by atoms with Crippen molar-refractivity contribution in [3.63, 3.8) is 0 Å². The van der Waals surface area contributed by atoms with Gasteiger partial charge in [0.15, 0.2) is 0 Å². The molecular formula is C18H20ClFN2O2S. The van der Waals surface area contributed by atoms with E-state index in [4.69, 9.17) is 11.6 Å². The SMILES string of the molecule is O=S(=O)(NC1CCN(Cc2ccccc2F)CC1)c1ccc(Cl)cc1. The van der Waals surface area contributed by atoms with Crippen molar-refractivity contribution >= 4 is 21.6 Å². The molecule has 1 aliphatic heterocycles. The Morgan fingerprint density at radius 1 is 1.08 bits per heavy atom. The highest BCUT2D eigenvalue weighted by Crippen LogP contribution is 2.19. The maximum absolute atomic E-state index is 13.7. The lowest BCUT2D eigenvalue weighted by molar-refractivity contribution is 0.198. The molecule has 1 heterocycles. The molecule has 0 bridgehead atoms. The van der Waals surface area contributed by atoms with Crippen molar-refractivity contribution in [3.05, 3.63) is 64.9 Å². The Hall–Kier alpha value is -1.47. The summed E-state index contributed by atoms with van der Waals surface area (Å²) in [5.41, 5.74) is 0.669. The second kappa shape index (κ2) is 7.83. The van der Waals surface area contributed by atoms with Crippen LogP contribution in [0.5, 0.6) is 0 Å². The van der Waals surface area contributed by atoms with Crippen molar-refractivity contribution in [2.75, 3.05) is 13.1 Å². The van der Waals surface area contributed by atoms with Gasteiger partial charge in [-0.1, -0.05) is 29.8 Å². The van der Waals surface area contributed by atoms with Crippen LogP contribution in [0.4, 0.5) is 4.39 Å². The van der Waals surface area contributed by atoms with E-state index in [1.54, 1.807) is 24.3 Å². The van der Waals surface area contributed by atoms with E-state index in [9.17, 15) is 12.8 Å². The Morgan fingerprint density at radius 3 is 2.36 bits per heavy atom. The molecule has 0 atom stereocenters. The summed E-state index contributed by atoms with van der Waals surface area (Å²) in [6.45, 7) is 1.99. The second-order valence-electron chi connectivity index (χ2n) is 6.22. The molecule has 0 amide bonds. The topological polar surface area (TPSA) is 49.4 Å². The molecule has 25 heavy (non-hydrogen) atoms. The van der Waals surface area contributed by atoms with Gasteiger partial charge in [0.2, 0.25) is 10.0 Å². The van der Waals surface area contributed by atoms with Gasteiger partial charge in [0.05, 0.1) is 4.90 Å². The quantitative estimate of drug-likeness (QED) is 0.862. The van der Waals surface area contributed by atoms with Crippen molar-refractivity contribution in [2.24, 2.45) is 0 Å². The average Bonchev–Trinajstić information content (AvgIpc) is 2.59. The van der Waals surface area contributed by atoms with Crippen LogP contribution in [0, 0.1) is 5.82 Å². The number of hydrogen-bond acceptors (Lipinski definition) is 3. The van der Waals surface area contributed by atoms with Gasteiger partial charge in [-0.25, -0.2) is 17.5 Å². The summed E-state index contributed by atoms with van der Waals surface area (Å²) in [6, 6.07) is 12.8. The summed E-state index contributed by atoms with van der Waals surface area (Å²) in [6.07, 6.45) is 1.39. The maximum atomic E-state index is 13.7. The van der Waals surface area contributed by atoms with E-state index in [1.165, 1.54) is 18.2 Å². The van der Waals surface area contributed by atoms with E-state index in [2.05, 4.69) is 9.62 Å². The monoisotopic (exact) mass is 382 g/mol. The molecular weight excluding hydrogens is 363 g/mol. The van der Waals surface area contributed by atoms with Gasteiger partial charge in [-0.2, -0.15) is 0 Å². The molecule has 4 nitrogen and oxygen atoms in total. The minimum absolute atomic E-state index is 0.113. The fraction of sp³-hybridized carbons (Fsp3) is 0.333. The summed E-state index contributed by atoms with van der Waals surface area (Å²) in [5, 5.41) is 0.500. The van der Waals surface area contributed by atoms with E-state index in [0.29, 0.717) is 30.0 Å². The fourth-order valence-corrected chi connectivity index (χ4v) is 4.41. The number of piperidine rings is 1. The average molecular weight is 383 g/mol. The van der Waals surface area contributed by atoms with E-state index in [0.717, 1.165) is 13.1 Å². The van der Waals surface area contributed by atoms with Crippen molar-refractivity contribution in [1.29, 1.82) is 0 Å². The molecule has 0 unspecified atom stereocenters. The largest absolute Gasteiger partial charge is 0.299 e. The fourth-order valence-electron chi connectivity index (χ4n) is 2.98. The predicted octanol–water partition coefficient (Wildman–Crippen LogP) is 3.42. The van der Waals surface area contributed by atoms with Crippen LogP contribution in [-0.2, 0) is 16.6 Å². The number of sulfonamides is 1. The number of rotatable bonds is 5. The van der Waals surface area contributed by atoms with Gasteiger partial charge in [-0.15, -0.1) is 0 Å². The van der Waals surface area contributed by atoms with Crippen molar-refractivity contribution < 1.29 is 12.8 Å². The lowest BCUT2D eigenvalue weighted by atomic mass is 10.1. The number of benzene rings is 2. The Kier molecular flexibility index (Phi) is 5.74. The molecule has 0 aromatic heterocycles. The van der Waals surface area contributed by atoms with Crippen LogP contribution in [0.25, 0.3) is 0 Å². The molecule has 2 aromatic carbocycles. The van der Waals surface area contributed by atoms with E-state index in [-0.39, 0.29) is 16.8 Å². The zero-order valence-corrected chi connectivity index (χ0v) is 15.2. The molecule has 134 valence electrons. The second-order valence-corrected chi connectivity index (χ2v) is 8.37. The van der Waals surface area contributed by atoms with Gasteiger partial charge in [0.1, 0.15) is 5.82 Å². The highest BCUT2D eigenvalue weighted by Gasteiger charge is 2.25. The van der Waals surface area contributed by atoms with E-state index < -0.39 is 10.0 Å². The molecule has 3 rings (SSSR count). The van der Waals surface area contributed by atoms with Crippen molar-refractivity contribution in [1.82, 2.24) is 9.62 Å². The third-order valence-corrected chi connectivity index (χ3v) is 6.17.